The molecule has 2 N–H and O–H groups in total. The first-order chi connectivity index (χ1) is 15.0. The molecule has 1 aliphatic carbocycles. The van der Waals surface area contributed by atoms with E-state index in [9.17, 15) is 9.90 Å². The molecule has 5 rings (SSSR count). The molecule has 2 aliphatic rings. The van der Waals surface area contributed by atoms with Crippen LogP contribution in [0.2, 0.25) is 0 Å². The van der Waals surface area contributed by atoms with Gasteiger partial charge in [-0.15, -0.1) is 0 Å². The number of aromatic nitrogens is 2. The van der Waals surface area contributed by atoms with E-state index in [2.05, 4.69) is 39.2 Å². The summed E-state index contributed by atoms with van der Waals surface area (Å²) in [5.41, 5.74) is 3.98. The number of nitrogens with one attached hydrogen (secondary N) is 1. The van der Waals surface area contributed by atoms with Crippen LogP contribution in [0.5, 0.6) is 5.75 Å². The van der Waals surface area contributed by atoms with Crippen molar-refractivity contribution in [1.82, 2.24) is 15.1 Å². The highest BCUT2D eigenvalue weighted by Crippen LogP contribution is 2.35. The molecule has 1 aromatic heterocycles. The molecule has 0 radical (unpaired) electrons. The number of phenols is 1. The number of rotatable bonds is 5. The number of carbonyl (C=O) groups is 1. The third kappa shape index (κ3) is 3.97. The minimum Gasteiger partial charge on any atom is -0.507 e. The zero-order valence-corrected chi connectivity index (χ0v) is 18.1. The van der Waals surface area contributed by atoms with Crippen LogP contribution in [0.25, 0.3) is 10.9 Å². The monoisotopic (exact) mass is 419 g/mol. The van der Waals surface area contributed by atoms with Gasteiger partial charge in [-0.2, -0.15) is 5.10 Å². The fourth-order valence-electron chi connectivity index (χ4n) is 4.29. The predicted octanol–water partition coefficient (Wildman–Crippen LogP) is 3.25. The Hall–Kier alpha value is -3.06. The van der Waals surface area contributed by atoms with E-state index in [0.717, 1.165) is 60.6 Å². The number of phenolic OH excluding ortho intramolecular Hbond substituents is 1. The fraction of sp³-hybridized carbons (Fsp3) is 0.417. The number of nitrogens with zero attached hydrogens (tertiary/aromatic N) is 4. The maximum absolute atomic E-state index is 13.3. The quantitative estimate of drug-likeness (QED) is 0.664. The lowest BCUT2D eigenvalue weighted by atomic mass is 10.1. The fourth-order valence-corrected chi connectivity index (χ4v) is 4.29. The number of H-pyrrole nitrogens is 1. The van der Waals surface area contributed by atoms with Crippen molar-refractivity contribution in [3.63, 3.8) is 0 Å². The van der Waals surface area contributed by atoms with E-state index in [4.69, 9.17) is 0 Å². The van der Waals surface area contributed by atoms with Gasteiger partial charge in [-0.05, 0) is 56.5 Å². The number of anilines is 2. The number of fused-ring (bicyclic) bond motifs is 1. The van der Waals surface area contributed by atoms with Crippen LogP contribution < -0.4 is 9.80 Å². The van der Waals surface area contributed by atoms with Crippen LogP contribution in [-0.4, -0.2) is 66.4 Å². The molecule has 2 fully saturated rings. The Morgan fingerprint density at radius 2 is 1.97 bits per heavy atom. The van der Waals surface area contributed by atoms with Gasteiger partial charge in [0.05, 0.1) is 16.8 Å². The van der Waals surface area contributed by atoms with Gasteiger partial charge in [0.2, 0.25) is 0 Å². The minimum atomic E-state index is -0.228. The molecular formula is C24H29N5O2. The highest BCUT2D eigenvalue weighted by Gasteiger charge is 2.25. The van der Waals surface area contributed by atoms with Crippen molar-refractivity contribution in [2.75, 3.05) is 50.1 Å². The summed E-state index contributed by atoms with van der Waals surface area (Å²) < 4.78 is 0. The molecule has 1 aliphatic heterocycles. The molecule has 3 aromatic rings. The van der Waals surface area contributed by atoms with Crippen molar-refractivity contribution < 1.29 is 9.90 Å². The predicted molar refractivity (Wildman–Crippen MR) is 123 cm³/mol. The average molecular weight is 420 g/mol. The lowest BCUT2D eigenvalue weighted by Gasteiger charge is -2.34. The number of carbonyl (C=O) groups excluding carboxylic acids is 1. The van der Waals surface area contributed by atoms with Crippen molar-refractivity contribution in [2.24, 2.45) is 5.92 Å². The second-order valence-corrected chi connectivity index (χ2v) is 8.91. The standard InChI is InChI=1S/C24H29N5O2/c1-27-8-10-29(11-9-27)18-5-3-4-17(13-18)28(2)24(31)20-14-19-21(12-16-6-7-16)25-26-22(19)15-23(20)30/h3-5,13-16,30H,6-12H2,1-2H3,(H,25,26). The number of aromatic hydroxyl groups is 1. The van der Waals surface area contributed by atoms with Crippen LogP contribution in [-0.2, 0) is 6.42 Å². The number of benzene rings is 2. The Bertz CT molecular complexity index is 1110. The van der Waals surface area contributed by atoms with Crippen LogP contribution in [0.3, 0.4) is 0 Å². The Balaban J connectivity index is 1.41. The summed E-state index contributed by atoms with van der Waals surface area (Å²) in [7, 11) is 3.90. The Kier molecular flexibility index (Phi) is 5.06. The van der Waals surface area contributed by atoms with Gasteiger partial charge in [-0.3, -0.25) is 9.89 Å². The number of piperazine rings is 1. The summed E-state index contributed by atoms with van der Waals surface area (Å²) in [4.78, 5) is 19.6. The van der Waals surface area contributed by atoms with Crippen LogP contribution in [0.1, 0.15) is 28.9 Å². The Labute approximate surface area is 182 Å². The van der Waals surface area contributed by atoms with Crippen LogP contribution in [0, 0.1) is 5.92 Å². The third-order valence-electron chi connectivity index (χ3n) is 6.56. The maximum atomic E-state index is 13.3. The van der Waals surface area contributed by atoms with Crippen molar-refractivity contribution in [3.8, 4) is 5.75 Å². The topological polar surface area (TPSA) is 75.7 Å². The molecule has 7 nitrogen and oxygen atoms in total. The number of amides is 1. The average Bonchev–Trinajstić information content (AvgIpc) is 3.52. The molecule has 0 spiro atoms. The zero-order valence-electron chi connectivity index (χ0n) is 18.1. The molecule has 0 unspecified atom stereocenters. The zero-order chi connectivity index (χ0) is 21.5. The van der Waals surface area contributed by atoms with Gasteiger partial charge in [0.25, 0.3) is 5.91 Å². The van der Waals surface area contributed by atoms with E-state index >= 15 is 0 Å². The first kappa shape index (κ1) is 19.9. The van der Waals surface area contributed by atoms with E-state index in [1.54, 1.807) is 24.1 Å². The second kappa shape index (κ2) is 7.89. The molecule has 2 aromatic carbocycles. The number of aromatic amines is 1. The summed E-state index contributed by atoms with van der Waals surface area (Å²) in [5.74, 6) is 0.439. The van der Waals surface area contributed by atoms with Gasteiger partial charge >= 0.3 is 0 Å². The third-order valence-corrected chi connectivity index (χ3v) is 6.56. The highest BCUT2D eigenvalue weighted by atomic mass is 16.3. The van der Waals surface area contributed by atoms with E-state index in [1.807, 2.05) is 12.1 Å². The van der Waals surface area contributed by atoms with Gasteiger partial charge in [-0.1, -0.05) is 6.07 Å². The van der Waals surface area contributed by atoms with Gasteiger partial charge < -0.3 is 19.8 Å². The Morgan fingerprint density at radius 1 is 1.19 bits per heavy atom. The molecular weight excluding hydrogens is 390 g/mol. The normalized spacial score (nSPS) is 17.3. The molecule has 0 bridgehead atoms. The van der Waals surface area contributed by atoms with Gasteiger partial charge in [0.1, 0.15) is 5.75 Å². The Morgan fingerprint density at radius 3 is 2.71 bits per heavy atom. The minimum absolute atomic E-state index is 0.0267. The SMILES string of the molecule is CN1CCN(c2cccc(N(C)C(=O)c3cc4c(CC5CC5)n[nH]c4cc3O)c2)CC1. The first-order valence-electron chi connectivity index (χ1n) is 11.0. The molecule has 7 heteroatoms. The second-order valence-electron chi connectivity index (χ2n) is 8.91. The molecule has 1 saturated heterocycles. The van der Waals surface area contributed by atoms with Crippen molar-refractivity contribution >= 4 is 28.2 Å². The van der Waals surface area contributed by atoms with Crippen LogP contribution in [0.15, 0.2) is 36.4 Å². The van der Waals surface area contributed by atoms with Gasteiger partial charge in [0, 0.05) is 56.1 Å². The van der Waals surface area contributed by atoms with E-state index < -0.39 is 0 Å². The molecule has 162 valence electrons. The molecule has 2 heterocycles. The van der Waals surface area contributed by atoms with E-state index in [0.29, 0.717) is 11.5 Å². The van der Waals surface area contributed by atoms with E-state index in [-0.39, 0.29) is 11.7 Å². The van der Waals surface area contributed by atoms with Gasteiger partial charge in [-0.25, -0.2) is 0 Å². The summed E-state index contributed by atoms with van der Waals surface area (Å²) in [6, 6.07) is 11.5. The van der Waals surface area contributed by atoms with Crippen molar-refractivity contribution in [1.29, 1.82) is 0 Å². The lowest BCUT2D eigenvalue weighted by Crippen LogP contribution is -2.44. The summed E-state index contributed by atoms with van der Waals surface area (Å²) in [6.45, 7) is 4.00. The van der Waals surface area contributed by atoms with E-state index in [1.165, 1.54) is 12.8 Å². The van der Waals surface area contributed by atoms with Crippen LogP contribution >= 0.6 is 0 Å². The largest absolute Gasteiger partial charge is 0.507 e. The molecule has 31 heavy (non-hydrogen) atoms. The summed E-state index contributed by atoms with van der Waals surface area (Å²) in [6.07, 6.45) is 3.40. The molecule has 1 amide bonds. The van der Waals surface area contributed by atoms with Gasteiger partial charge in [0.15, 0.2) is 0 Å². The number of hydrogen-bond donors (Lipinski definition) is 2. The van der Waals surface area contributed by atoms with Crippen molar-refractivity contribution in [3.05, 3.63) is 47.7 Å². The number of hydrogen-bond acceptors (Lipinski definition) is 5. The lowest BCUT2D eigenvalue weighted by molar-refractivity contribution is 0.0990. The van der Waals surface area contributed by atoms with Crippen molar-refractivity contribution in [2.45, 2.75) is 19.3 Å². The number of likely N-dealkylation sites (N-methyl/N-ethyl adjacent to an activating group) is 1. The molecule has 1 saturated carbocycles. The summed E-state index contributed by atoms with van der Waals surface area (Å²) >= 11 is 0. The summed E-state index contributed by atoms with van der Waals surface area (Å²) in [5, 5.41) is 18.9. The maximum Gasteiger partial charge on any atom is 0.261 e. The highest BCUT2D eigenvalue weighted by molar-refractivity contribution is 6.09. The molecule has 0 atom stereocenters. The first-order valence-corrected chi connectivity index (χ1v) is 11.0. The van der Waals surface area contributed by atoms with Crippen LogP contribution in [0.4, 0.5) is 11.4 Å². The smallest absolute Gasteiger partial charge is 0.261 e.